The van der Waals surface area contributed by atoms with Gasteiger partial charge in [0.25, 0.3) is 0 Å². The summed E-state index contributed by atoms with van der Waals surface area (Å²) in [7, 11) is 0. The van der Waals surface area contributed by atoms with Crippen molar-refractivity contribution in [2.24, 2.45) is 5.92 Å². The van der Waals surface area contributed by atoms with Gasteiger partial charge in [0, 0.05) is 24.9 Å². The molecule has 20 heavy (non-hydrogen) atoms. The standard InChI is InChI=1S/C13H19N3O3S/c1-8-4-6-16(11(8)12(17)18)13(19)14-5-3-10-7-20-9(2)15-10/h7-8,11H,3-6H2,1-2H3,(H,14,19)(H,17,18). The first kappa shape index (κ1) is 14.8. The van der Waals surface area contributed by atoms with Crippen molar-refractivity contribution < 1.29 is 14.7 Å². The van der Waals surface area contributed by atoms with Crippen LogP contribution in [0.2, 0.25) is 0 Å². The van der Waals surface area contributed by atoms with Crippen molar-refractivity contribution in [1.82, 2.24) is 15.2 Å². The number of aliphatic carboxylic acids is 1. The molecule has 1 aromatic rings. The number of nitrogens with one attached hydrogen (secondary N) is 1. The zero-order valence-electron chi connectivity index (χ0n) is 11.6. The number of carboxylic acids is 1. The molecule has 2 heterocycles. The number of aryl methyl sites for hydroxylation is 1. The number of hydrogen-bond donors (Lipinski definition) is 2. The molecule has 2 N–H and O–H groups in total. The van der Waals surface area contributed by atoms with Gasteiger partial charge in [-0.1, -0.05) is 6.92 Å². The third kappa shape index (κ3) is 3.27. The molecular formula is C13H19N3O3S. The van der Waals surface area contributed by atoms with E-state index < -0.39 is 12.0 Å². The molecule has 2 rings (SSSR count). The minimum Gasteiger partial charge on any atom is -0.480 e. The highest BCUT2D eigenvalue weighted by atomic mass is 32.1. The second kappa shape index (κ2) is 6.21. The van der Waals surface area contributed by atoms with Crippen LogP contribution in [-0.4, -0.2) is 46.1 Å². The van der Waals surface area contributed by atoms with E-state index in [2.05, 4.69) is 10.3 Å². The number of thiazole rings is 1. The Bertz CT molecular complexity index is 503. The van der Waals surface area contributed by atoms with Gasteiger partial charge < -0.3 is 15.3 Å². The summed E-state index contributed by atoms with van der Waals surface area (Å²) in [5, 5.41) is 14.9. The first-order valence-corrected chi connectivity index (χ1v) is 7.55. The molecule has 0 bridgehead atoms. The molecule has 0 spiro atoms. The SMILES string of the molecule is Cc1nc(CCNC(=O)N2CCC(C)C2C(=O)O)cs1. The monoisotopic (exact) mass is 297 g/mol. The van der Waals surface area contributed by atoms with Crippen molar-refractivity contribution in [3.63, 3.8) is 0 Å². The molecule has 7 heteroatoms. The molecule has 0 aliphatic carbocycles. The summed E-state index contributed by atoms with van der Waals surface area (Å²) in [5.74, 6) is -0.931. The number of carbonyl (C=O) groups excluding carboxylic acids is 1. The van der Waals surface area contributed by atoms with Crippen molar-refractivity contribution in [3.05, 3.63) is 16.1 Å². The van der Waals surface area contributed by atoms with Crippen molar-refractivity contribution >= 4 is 23.3 Å². The van der Waals surface area contributed by atoms with Crippen LogP contribution in [-0.2, 0) is 11.2 Å². The van der Waals surface area contributed by atoms with Gasteiger partial charge in [0.15, 0.2) is 0 Å². The largest absolute Gasteiger partial charge is 0.480 e. The molecule has 0 radical (unpaired) electrons. The maximum Gasteiger partial charge on any atom is 0.326 e. The van der Waals surface area contributed by atoms with Gasteiger partial charge in [-0.15, -0.1) is 11.3 Å². The fourth-order valence-electron chi connectivity index (χ4n) is 2.47. The summed E-state index contributed by atoms with van der Waals surface area (Å²) in [6.45, 7) is 4.78. The fraction of sp³-hybridized carbons (Fsp3) is 0.615. The Kier molecular flexibility index (Phi) is 4.59. The van der Waals surface area contributed by atoms with Crippen LogP contribution in [0.15, 0.2) is 5.38 Å². The minimum atomic E-state index is -0.930. The number of carboxylic acid groups (broad SMARTS) is 1. The second-order valence-corrected chi connectivity index (χ2v) is 6.14. The number of nitrogens with zero attached hydrogens (tertiary/aromatic N) is 2. The number of carbonyl (C=O) groups is 2. The van der Waals surface area contributed by atoms with E-state index in [1.807, 2.05) is 19.2 Å². The summed E-state index contributed by atoms with van der Waals surface area (Å²) in [6.07, 6.45) is 1.40. The number of amides is 2. The van der Waals surface area contributed by atoms with Crippen LogP contribution in [0.1, 0.15) is 24.0 Å². The van der Waals surface area contributed by atoms with E-state index in [0.717, 1.165) is 17.1 Å². The lowest BCUT2D eigenvalue weighted by atomic mass is 10.0. The molecule has 1 fully saturated rings. The number of rotatable bonds is 4. The first-order valence-electron chi connectivity index (χ1n) is 6.67. The predicted octanol–water partition coefficient (Wildman–Crippen LogP) is 1.50. The molecule has 2 amide bonds. The summed E-state index contributed by atoms with van der Waals surface area (Å²) in [5.41, 5.74) is 0.956. The number of aromatic nitrogens is 1. The zero-order chi connectivity index (χ0) is 14.7. The van der Waals surface area contributed by atoms with Crippen molar-refractivity contribution in [2.75, 3.05) is 13.1 Å². The Morgan fingerprint density at radius 1 is 1.60 bits per heavy atom. The van der Waals surface area contributed by atoms with Gasteiger partial charge in [0.2, 0.25) is 0 Å². The average Bonchev–Trinajstić information content (AvgIpc) is 2.95. The molecule has 1 aromatic heterocycles. The van der Waals surface area contributed by atoms with E-state index >= 15 is 0 Å². The summed E-state index contributed by atoms with van der Waals surface area (Å²) >= 11 is 1.58. The zero-order valence-corrected chi connectivity index (χ0v) is 12.4. The molecule has 2 unspecified atom stereocenters. The van der Waals surface area contributed by atoms with E-state index in [9.17, 15) is 14.7 Å². The maximum absolute atomic E-state index is 12.0. The highest BCUT2D eigenvalue weighted by molar-refractivity contribution is 7.09. The third-order valence-corrected chi connectivity index (χ3v) is 4.36. The van der Waals surface area contributed by atoms with Crippen LogP contribution in [0.5, 0.6) is 0 Å². The van der Waals surface area contributed by atoms with Crippen molar-refractivity contribution in [2.45, 2.75) is 32.7 Å². The number of likely N-dealkylation sites (tertiary alicyclic amines) is 1. The van der Waals surface area contributed by atoms with Crippen LogP contribution in [0, 0.1) is 12.8 Å². The molecule has 110 valence electrons. The minimum absolute atomic E-state index is 0.000519. The smallest absolute Gasteiger partial charge is 0.326 e. The van der Waals surface area contributed by atoms with Crippen LogP contribution >= 0.6 is 11.3 Å². The summed E-state index contributed by atoms with van der Waals surface area (Å²) < 4.78 is 0. The van der Waals surface area contributed by atoms with Gasteiger partial charge in [0.1, 0.15) is 6.04 Å². The number of urea groups is 1. The Morgan fingerprint density at radius 3 is 2.95 bits per heavy atom. The van der Waals surface area contributed by atoms with Crippen LogP contribution in [0.4, 0.5) is 4.79 Å². The Hall–Kier alpha value is -1.63. The van der Waals surface area contributed by atoms with Gasteiger partial charge in [0.05, 0.1) is 10.7 Å². The molecule has 0 saturated carbocycles. The van der Waals surface area contributed by atoms with Crippen LogP contribution in [0.25, 0.3) is 0 Å². The average molecular weight is 297 g/mol. The highest BCUT2D eigenvalue weighted by Crippen LogP contribution is 2.23. The quantitative estimate of drug-likeness (QED) is 0.882. The predicted molar refractivity (Wildman–Crippen MR) is 75.9 cm³/mol. The Labute approximate surface area is 121 Å². The van der Waals surface area contributed by atoms with Crippen molar-refractivity contribution in [3.8, 4) is 0 Å². The lowest BCUT2D eigenvalue weighted by molar-refractivity contribution is -0.142. The Morgan fingerprint density at radius 2 is 2.35 bits per heavy atom. The molecule has 1 saturated heterocycles. The van der Waals surface area contributed by atoms with Gasteiger partial charge in [-0.25, -0.2) is 14.6 Å². The Balaban J connectivity index is 1.84. The van der Waals surface area contributed by atoms with Crippen molar-refractivity contribution in [1.29, 1.82) is 0 Å². The first-order chi connectivity index (χ1) is 9.49. The van der Waals surface area contributed by atoms with Gasteiger partial charge in [-0.3, -0.25) is 0 Å². The molecule has 6 nitrogen and oxygen atoms in total. The highest BCUT2D eigenvalue weighted by Gasteiger charge is 2.39. The molecule has 2 atom stereocenters. The number of hydrogen-bond acceptors (Lipinski definition) is 4. The van der Waals surface area contributed by atoms with Crippen LogP contribution in [0.3, 0.4) is 0 Å². The normalized spacial score (nSPS) is 22.0. The summed E-state index contributed by atoms with van der Waals surface area (Å²) in [4.78, 5) is 29.0. The molecular weight excluding hydrogens is 278 g/mol. The lowest BCUT2D eigenvalue weighted by Gasteiger charge is -2.23. The topological polar surface area (TPSA) is 82.5 Å². The van der Waals surface area contributed by atoms with E-state index in [1.165, 1.54) is 4.90 Å². The second-order valence-electron chi connectivity index (χ2n) is 5.08. The van der Waals surface area contributed by atoms with E-state index in [4.69, 9.17) is 0 Å². The lowest BCUT2D eigenvalue weighted by Crippen LogP contribution is -2.47. The van der Waals surface area contributed by atoms with E-state index in [-0.39, 0.29) is 11.9 Å². The molecule has 1 aliphatic heterocycles. The summed E-state index contributed by atoms with van der Waals surface area (Å²) in [6, 6.07) is -1.01. The molecule has 1 aliphatic rings. The van der Waals surface area contributed by atoms with Gasteiger partial charge in [-0.05, 0) is 19.3 Å². The van der Waals surface area contributed by atoms with E-state index in [0.29, 0.717) is 19.5 Å². The van der Waals surface area contributed by atoms with Crippen LogP contribution < -0.4 is 5.32 Å². The van der Waals surface area contributed by atoms with E-state index in [1.54, 1.807) is 11.3 Å². The maximum atomic E-state index is 12.0. The van der Waals surface area contributed by atoms with Gasteiger partial charge >= 0.3 is 12.0 Å². The molecule has 0 aromatic carbocycles. The third-order valence-electron chi connectivity index (χ3n) is 3.54. The fourth-order valence-corrected chi connectivity index (χ4v) is 3.12. The van der Waals surface area contributed by atoms with Gasteiger partial charge in [-0.2, -0.15) is 0 Å².